The summed E-state index contributed by atoms with van der Waals surface area (Å²) in [6.07, 6.45) is 0. The Bertz CT molecular complexity index is 187. The topological polar surface area (TPSA) is 45.2 Å². The van der Waals surface area contributed by atoms with Gasteiger partial charge in [-0.1, -0.05) is 0 Å². The summed E-state index contributed by atoms with van der Waals surface area (Å²) in [4.78, 5) is 5.08. The highest BCUT2D eigenvalue weighted by Gasteiger charge is 1.97. The van der Waals surface area contributed by atoms with Crippen molar-refractivity contribution < 1.29 is 5.21 Å². The minimum Gasteiger partial charge on any atom is -0.316 e. The molecule has 0 atom stereocenters. The van der Waals surface area contributed by atoms with E-state index in [0.717, 1.165) is 10.6 Å². The van der Waals surface area contributed by atoms with E-state index in [1.165, 1.54) is 0 Å². The van der Waals surface area contributed by atoms with Crippen molar-refractivity contribution in [3.63, 3.8) is 0 Å². The van der Waals surface area contributed by atoms with E-state index in [1.54, 1.807) is 16.8 Å². The fourth-order valence-corrected chi connectivity index (χ4v) is 1.28. The van der Waals surface area contributed by atoms with Crippen LogP contribution in [-0.2, 0) is 6.54 Å². The van der Waals surface area contributed by atoms with Crippen LogP contribution in [0.1, 0.15) is 10.6 Å². The second-order valence-corrected chi connectivity index (χ2v) is 2.64. The zero-order chi connectivity index (χ0) is 6.69. The average molecular weight is 144 g/mol. The highest BCUT2D eigenvalue weighted by molar-refractivity contribution is 7.09. The van der Waals surface area contributed by atoms with Gasteiger partial charge in [0.05, 0.1) is 17.7 Å². The highest BCUT2D eigenvalue weighted by Crippen LogP contribution is 2.10. The van der Waals surface area contributed by atoms with Crippen molar-refractivity contribution >= 4 is 11.3 Å². The van der Waals surface area contributed by atoms with Gasteiger partial charge in [-0.05, 0) is 6.92 Å². The Morgan fingerprint density at radius 1 is 1.89 bits per heavy atom. The van der Waals surface area contributed by atoms with Crippen molar-refractivity contribution in [1.29, 1.82) is 0 Å². The molecule has 0 amide bonds. The van der Waals surface area contributed by atoms with Gasteiger partial charge in [0.15, 0.2) is 0 Å². The van der Waals surface area contributed by atoms with E-state index in [2.05, 4.69) is 10.5 Å². The fourth-order valence-electron chi connectivity index (χ4n) is 0.568. The van der Waals surface area contributed by atoms with Gasteiger partial charge in [0, 0.05) is 4.88 Å². The summed E-state index contributed by atoms with van der Waals surface area (Å²) in [6, 6.07) is 0. The lowest BCUT2D eigenvalue weighted by Crippen LogP contribution is -2.05. The van der Waals surface area contributed by atoms with Gasteiger partial charge in [-0.15, -0.1) is 11.3 Å². The molecule has 50 valence electrons. The van der Waals surface area contributed by atoms with Gasteiger partial charge >= 0.3 is 0 Å². The van der Waals surface area contributed by atoms with Crippen LogP contribution < -0.4 is 5.48 Å². The number of rotatable bonds is 2. The molecule has 4 heteroatoms. The monoisotopic (exact) mass is 144 g/mol. The minimum absolute atomic E-state index is 0.497. The molecule has 1 heterocycles. The molecule has 0 fully saturated rings. The van der Waals surface area contributed by atoms with Gasteiger partial charge in [-0.3, -0.25) is 0 Å². The molecule has 3 nitrogen and oxygen atoms in total. The molecular weight excluding hydrogens is 136 g/mol. The van der Waals surface area contributed by atoms with Gasteiger partial charge in [0.25, 0.3) is 0 Å². The number of hydroxylamine groups is 1. The fraction of sp³-hybridized carbons (Fsp3) is 0.400. The van der Waals surface area contributed by atoms with E-state index < -0.39 is 0 Å². The predicted octanol–water partition coefficient (Wildman–Crippen LogP) is 0.930. The Kier molecular flexibility index (Phi) is 2.16. The van der Waals surface area contributed by atoms with Crippen LogP contribution in [0.4, 0.5) is 0 Å². The zero-order valence-corrected chi connectivity index (χ0v) is 5.90. The highest BCUT2D eigenvalue weighted by atomic mass is 32.1. The quantitative estimate of drug-likeness (QED) is 0.607. The van der Waals surface area contributed by atoms with Crippen molar-refractivity contribution in [3.05, 3.63) is 16.1 Å². The molecule has 0 radical (unpaired) electrons. The van der Waals surface area contributed by atoms with Gasteiger partial charge in [0.1, 0.15) is 0 Å². The van der Waals surface area contributed by atoms with Crippen LogP contribution >= 0.6 is 11.3 Å². The van der Waals surface area contributed by atoms with Crippen molar-refractivity contribution in [2.45, 2.75) is 13.5 Å². The Labute approximate surface area is 57.3 Å². The lowest BCUT2D eigenvalue weighted by Gasteiger charge is -1.92. The number of hydrogen-bond acceptors (Lipinski definition) is 4. The van der Waals surface area contributed by atoms with Crippen LogP contribution in [-0.4, -0.2) is 10.2 Å². The molecule has 0 spiro atoms. The summed E-state index contributed by atoms with van der Waals surface area (Å²) in [5.41, 5.74) is 4.83. The van der Waals surface area contributed by atoms with Gasteiger partial charge in [0.2, 0.25) is 0 Å². The molecule has 0 aliphatic heterocycles. The lowest BCUT2D eigenvalue weighted by molar-refractivity contribution is 0.162. The smallest absolute Gasteiger partial charge is 0.0798 e. The van der Waals surface area contributed by atoms with Crippen molar-refractivity contribution in [3.8, 4) is 0 Å². The summed E-state index contributed by atoms with van der Waals surface area (Å²) < 4.78 is 0. The molecule has 0 bridgehead atoms. The number of nitrogens with one attached hydrogen (secondary N) is 1. The Morgan fingerprint density at radius 3 is 3.11 bits per heavy atom. The van der Waals surface area contributed by atoms with E-state index >= 15 is 0 Å². The molecular formula is C5H8N2OS. The van der Waals surface area contributed by atoms with Gasteiger partial charge in [-0.25, -0.2) is 10.5 Å². The summed E-state index contributed by atoms with van der Waals surface area (Å²) in [5.74, 6) is 0. The van der Waals surface area contributed by atoms with Crippen molar-refractivity contribution in [1.82, 2.24) is 10.5 Å². The number of nitrogens with zero attached hydrogens (tertiary/aromatic N) is 1. The SMILES string of the molecule is Cc1ncsc1CNO. The maximum absolute atomic E-state index is 8.29. The molecule has 1 aromatic heterocycles. The maximum Gasteiger partial charge on any atom is 0.0798 e. The first-order valence-electron chi connectivity index (χ1n) is 2.60. The van der Waals surface area contributed by atoms with E-state index in [-0.39, 0.29) is 0 Å². The first-order valence-corrected chi connectivity index (χ1v) is 3.48. The van der Waals surface area contributed by atoms with E-state index in [9.17, 15) is 0 Å². The predicted molar refractivity (Wildman–Crippen MR) is 35.5 cm³/mol. The Morgan fingerprint density at radius 2 is 2.67 bits per heavy atom. The number of hydrogen-bond donors (Lipinski definition) is 2. The molecule has 0 aliphatic carbocycles. The van der Waals surface area contributed by atoms with E-state index in [0.29, 0.717) is 6.54 Å². The van der Waals surface area contributed by atoms with Crippen LogP contribution in [0.2, 0.25) is 0 Å². The maximum atomic E-state index is 8.29. The summed E-state index contributed by atoms with van der Waals surface area (Å²) in [5, 5.41) is 8.29. The second-order valence-electron chi connectivity index (χ2n) is 1.70. The normalized spacial score (nSPS) is 10.0. The van der Waals surface area contributed by atoms with Crippen LogP contribution in [0.25, 0.3) is 0 Å². The molecule has 1 aromatic rings. The average Bonchev–Trinajstić information content (AvgIpc) is 2.18. The molecule has 9 heavy (non-hydrogen) atoms. The largest absolute Gasteiger partial charge is 0.316 e. The van der Waals surface area contributed by atoms with Crippen molar-refractivity contribution in [2.75, 3.05) is 0 Å². The van der Waals surface area contributed by atoms with E-state index in [1.807, 2.05) is 6.92 Å². The van der Waals surface area contributed by atoms with Gasteiger partial charge < -0.3 is 5.21 Å². The summed E-state index contributed by atoms with van der Waals surface area (Å²) in [6.45, 7) is 2.42. The first kappa shape index (κ1) is 6.67. The van der Waals surface area contributed by atoms with Crippen LogP contribution in [0.5, 0.6) is 0 Å². The minimum atomic E-state index is 0.497. The summed E-state index contributed by atoms with van der Waals surface area (Å²) in [7, 11) is 0. The summed E-state index contributed by atoms with van der Waals surface area (Å²) >= 11 is 1.54. The number of thiazole rings is 1. The first-order chi connectivity index (χ1) is 4.34. The number of aryl methyl sites for hydroxylation is 1. The molecule has 0 aromatic carbocycles. The molecule has 0 saturated heterocycles. The Balaban J connectivity index is 2.69. The molecule has 0 saturated carbocycles. The zero-order valence-electron chi connectivity index (χ0n) is 5.09. The third kappa shape index (κ3) is 1.48. The lowest BCUT2D eigenvalue weighted by atomic mass is 10.4. The van der Waals surface area contributed by atoms with Gasteiger partial charge in [-0.2, -0.15) is 0 Å². The molecule has 2 N–H and O–H groups in total. The van der Waals surface area contributed by atoms with Crippen LogP contribution in [0.15, 0.2) is 5.51 Å². The second kappa shape index (κ2) is 2.91. The van der Waals surface area contributed by atoms with E-state index in [4.69, 9.17) is 5.21 Å². The van der Waals surface area contributed by atoms with Crippen LogP contribution in [0, 0.1) is 6.92 Å². The third-order valence-corrected chi connectivity index (χ3v) is 2.02. The number of aromatic nitrogens is 1. The molecule has 0 unspecified atom stereocenters. The third-order valence-electron chi connectivity index (χ3n) is 1.08. The standard InChI is InChI=1S/C5H8N2OS/c1-4-5(2-7-8)9-3-6-4/h3,7-8H,2H2,1H3. The van der Waals surface area contributed by atoms with Crippen molar-refractivity contribution in [2.24, 2.45) is 0 Å². The molecule has 0 aliphatic rings. The molecule has 1 rings (SSSR count). The Hall–Kier alpha value is -0.450. The van der Waals surface area contributed by atoms with Crippen LogP contribution in [0.3, 0.4) is 0 Å².